The Balaban J connectivity index is 1.71. The average Bonchev–Trinajstić information content (AvgIpc) is 3.22. The summed E-state index contributed by atoms with van der Waals surface area (Å²) in [6.45, 7) is 5.81. The van der Waals surface area contributed by atoms with Crippen LogP contribution in [-0.4, -0.2) is 48.8 Å². The van der Waals surface area contributed by atoms with E-state index >= 15 is 0 Å². The predicted octanol–water partition coefficient (Wildman–Crippen LogP) is 2.96. The fraction of sp³-hybridized carbons (Fsp3) is 0.526. The van der Waals surface area contributed by atoms with Crippen molar-refractivity contribution in [2.75, 3.05) is 19.6 Å². The molecule has 0 N–H and O–H groups in total. The fourth-order valence-electron chi connectivity index (χ4n) is 3.87. The first kappa shape index (κ1) is 16.3. The zero-order valence-electron chi connectivity index (χ0n) is 15.3. The van der Waals surface area contributed by atoms with Gasteiger partial charge in [0.15, 0.2) is 0 Å². The number of piperidine rings is 1. The number of likely N-dealkylation sites (tertiary alicyclic amines) is 1. The van der Waals surface area contributed by atoms with Crippen molar-refractivity contribution in [2.45, 2.75) is 32.1 Å². The molecule has 0 amide bonds. The van der Waals surface area contributed by atoms with E-state index in [4.69, 9.17) is 4.98 Å². The highest BCUT2D eigenvalue weighted by atomic mass is 15.2. The molecule has 4 rings (SSSR count). The predicted molar refractivity (Wildman–Crippen MR) is 99.4 cm³/mol. The van der Waals surface area contributed by atoms with E-state index in [0.29, 0.717) is 5.92 Å². The second-order valence-corrected chi connectivity index (χ2v) is 7.14. The lowest BCUT2D eigenvalue weighted by atomic mass is 9.92. The van der Waals surface area contributed by atoms with Crippen molar-refractivity contribution in [3.05, 3.63) is 30.5 Å². The van der Waals surface area contributed by atoms with Gasteiger partial charge in [-0.3, -0.25) is 4.68 Å². The summed E-state index contributed by atoms with van der Waals surface area (Å²) in [5, 5.41) is 4.31. The molecule has 0 atom stereocenters. The molecule has 0 bridgehead atoms. The average molecular weight is 338 g/mol. The summed E-state index contributed by atoms with van der Waals surface area (Å²) in [5.41, 5.74) is 5.31. The van der Waals surface area contributed by atoms with Gasteiger partial charge in [-0.2, -0.15) is 5.10 Å². The Morgan fingerprint density at radius 2 is 2.00 bits per heavy atom. The zero-order valence-corrected chi connectivity index (χ0v) is 15.3. The molecule has 0 aromatic carbocycles. The van der Waals surface area contributed by atoms with Crippen molar-refractivity contribution in [2.24, 2.45) is 14.1 Å². The summed E-state index contributed by atoms with van der Waals surface area (Å²) in [5.74, 6) is 0.530. The van der Waals surface area contributed by atoms with E-state index in [0.717, 1.165) is 22.3 Å². The Labute approximate surface area is 148 Å². The van der Waals surface area contributed by atoms with Gasteiger partial charge in [-0.15, -0.1) is 0 Å². The summed E-state index contributed by atoms with van der Waals surface area (Å²) in [4.78, 5) is 12.2. The Morgan fingerprint density at radius 1 is 1.20 bits per heavy atom. The third-order valence-electron chi connectivity index (χ3n) is 5.26. The number of pyridine rings is 1. The number of imidazole rings is 1. The van der Waals surface area contributed by atoms with Gasteiger partial charge in [-0.1, -0.05) is 6.92 Å². The molecular weight excluding hydrogens is 312 g/mol. The number of hydrogen-bond donors (Lipinski definition) is 0. The third-order valence-corrected chi connectivity index (χ3v) is 5.26. The van der Waals surface area contributed by atoms with Gasteiger partial charge in [-0.05, 0) is 45.0 Å². The first-order valence-corrected chi connectivity index (χ1v) is 9.19. The summed E-state index contributed by atoms with van der Waals surface area (Å²) >= 11 is 0. The number of nitrogens with zero attached hydrogens (tertiary/aromatic N) is 6. The minimum atomic E-state index is 0.530. The molecule has 132 valence electrons. The minimum Gasteiger partial charge on any atom is -0.334 e. The van der Waals surface area contributed by atoms with Crippen LogP contribution in [0.25, 0.3) is 22.3 Å². The maximum Gasteiger partial charge on any atom is 0.115 e. The van der Waals surface area contributed by atoms with Crippen LogP contribution in [-0.2, 0) is 14.1 Å². The van der Waals surface area contributed by atoms with Gasteiger partial charge >= 0.3 is 0 Å². The SMILES string of the molecule is CCCN1CCC(c2cc3c(ncn3C)c(-c3cnn(C)c3)n2)CC1. The largest absolute Gasteiger partial charge is 0.334 e. The summed E-state index contributed by atoms with van der Waals surface area (Å²) < 4.78 is 3.91. The molecule has 0 saturated carbocycles. The van der Waals surface area contributed by atoms with Crippen molar-refractivity contribution in [3.63, 3.8) is 0 Å². The minimum absolute atomic E-state index is 0.530. The Bertz CT molecular complexity index is 869. The van der Waals surface area contributed by atoms with Crippen molar-refractivity contribution in [1.29, 1.82) is 0 Å². The number of fused-ring (bicyclic) bond motifs is 1. The van der Waals surface area contributed by atoms with E-state index in [2.05, 4.69) is 39.6 Å². The molecule has 1 fully saturated rings. The number of aromatic nitrogens is 5. The molecule has 4 heterocycles. The fourth-order valence-corrected chi connectivity index (χ4v) is 3.87. The van der Waals surface area contributed by atoms with Crippen molar-refractivity contribution >= 4 is 11.0 Å². The Kier molecular flexibility index (Phi) is 4.29. The summed E-state index contributed by atoms with van der Waals surface area (Å²) in [6, 6.07) is 2.24. The second kappa shape index (κ2) is 6.59. The number of rotatable bonds is 4. The highest BCUT2D eigenvalue weighted by Gasteiger charge is 2.23. The van der Waals surface area contributed by atoms with E-state index in [1.165, 1.54) is 44.6 Å². The molecule has 3 aromatic rings. The summed E-state index contributed by atoms with van der Waals surface area (Å²) in [6.07, 6.45) is 9.37. The molecule has 6 heteroatoms. The van der Waals surface area contributed by atoms with Crippen LogP contribution in [0.1, 0.15) is 37.8 Å². The van der Waals surface area contributed by atoms with E-state index in [-0.39, 0.29) is 0 Å². The molecule has 1 saturated heterocycles. The van der Waals surface area contributed by atoms with E-state index in [9.17, 15) is 0 Å². The first-order valence-electron chi connectivity index (χ1n) is 9.19. The quantitative estimate of drug-likeness (QED) is 0.734. The third kappa shape index (κ3) is 3.06. The number of aryl methyl sites for hydroxylation is 2. The molecule has 0 aliphatic carbocycles. The van der Waals surface area contributed by atoms with Gasteiger partial charge in [0.05, 0.1) is 18.0 Å². The molecule has 1 aliphatic heterocycles. The van der Waals surface area contributed by atoms with Crippen LogP contribution >= 0.6 is 0 Å². The van der Waals surface area contributed by atoms with Gasteiger partial charge in [0.1, 0.15) is 11.2 Å². The maximum absolute atomic E-state index is 5.04. The maximum atomic E-state index is 5.04. The van der Waals surface area contributed by atoms with Crippen LogP contribution in [0.2, 0.25) is 0 Å². The van der Waals surface area contributed by atoms with Gasteiger partial charge in [-0.25, -0.2) is 9.97 Å². The van der Waals surface area contributed by atoms with Crippen molar-refractivity contribution < 1.29 is 0 Å². The summed E-state index contributed by atoms with van der Waals surface area (Å²) in [7, 11) is 3.99. The monoisotopic (exact) mass is 338 g/mol. The highest BCUT2D eigenvalue weighted by Crippen LogP contribution is 2.32. The molecule has 0 unspecified atom stereocenters. The van der Waals surface area contributed by atoms with Gasteiger partial charge in [0.2, 0.25) is 0 Å². The van der Waals surface area contributed by atoms with Gasteiger partial charge in [0.25, 0.3) is 0 Å². The number of hydrogen-bond acceptors (Lipinski definition) is 4. The topological polar surface area (TPSA) is 51.8 Å². The van der Waals surface area contributed by atoms with E-state index in [1.54, 1.807) is 0 Å². The normalized spacial score (nSPS) is 16.8. The second-order valence-electron chi connectivity index (χ2n) is 7.14. The van der Waals surface area contributed by atoms with Crippen LogP contribution in [0.15, 0.2) is 24.8 Å². The zero-order chi connectivity index (χ0) is 17.4. The molecule has 1 aliphatic rings. The smallest absolute Gasteiger partial charge is 0.115 e. The lowest BCUT2D eigenvalue weighted by molar-refractivity contribution is 0.211. The molecule has 25 heavy (non-hydrogen) atoms. The molecule has 0 spiro atoms. The molecular formula is C19H26N6. The van der Waals surface area contributed by atoms with Gasteiger partial charge in [0, 0.05) is 37.5 Å². The van der Waals surface area contributed by atoms with Crippen molar-refractivity contribution in [3.8, 4) is 11.3 Å². The molecule has 3 aromatic heterocycles. The van der Waals surface area contributed by atoms with Crippen molar-refractivity contribution in [1.82, 2.24) is 29.2 Å². The highest BCUT2D eigenvalue weighted by molar-refractivity contribution is 5.89. The lowest BCUT2D eigenvalue weighted by Crippen LogP contribution is -2.33. The van der Waals surface area contributed by atoms with Crippen LogP contribution in [0.5, 0.6) is 0 Å². The molecule has 6 nitrogen and oxygen atoms in total. The Morgan fingerprint density at radius 3 is 2.68 bits per heavy atom. The van der Waals surface area contributed by atoms with E-state index in [1.807, 2.05) is 30.5 Å². The van der Waals surface area contributed by atoms with Crippen LogP contribution in [0, 0.1) is 0 Å². The first-order chi connectivity index (χ1) is 12.2. The lowest BCUT2D eigenvalue weighted by Gasteiger charge is -2.31. The standard InChI is InChI=1S/C19H26N6/c1-4-7-25-8-5-14(6-9-25)16-10-17-19(20-13-23(17)2)18(22-16)15-11-21-24(3)12-15/h10-14H,4-9H2,1-3H3. The van der Waals surface area contributed by atoms with Gasteiger partial charge < -0.3 is 9.47 Å². The van der Waals surface area contributed by atoms with Crippen LogP contribution in [0.4, 0.5) is 0 Å². The Hall–Kier alpha value is -2.21. The molecule has 0 radical (unpaired) electrons. The van der Waals surface area contributed by atoms with Crippen LogP contribution < -0.4 is 0 Å². The van der Waals surface area contributed by atoms with Crippen LogP contribution in [0.3, 0.4) is 0 Å². The van der Waals surface area contributed by atoms with E-state index < -0.39 is 0 Å².